The van der Waals surface area contributed by atoms with Gasteiger partial charge in [0.2, 0.25) is 0 Å². The fraction of sp³-hybridized carbons (Fsp3) is 0.111. The summed E-state index contributed by atoms with van der Waals surface area (Å²) in [6, 6.07) is 16.8. The van der Waals surface area contributed by atoms with Gasteiger partial charge in [-0.05, 0) is 53.3 Å². The number of hydrogen-bond acceptors (Lipinski definition) is 8. The number of allylic oxidation sites excluding steroid dienone is 1. The van der Waals surface area contributed by atoms with Crippen molar-refractivity contribution < 1.29 is 15.0 Å². The first-order chi connectivity index (χ1) is 18.7. The number of rotatable bonds is 4. The number of phenols is 1. The van der Waals surface area contributed by atoms with E-state index < -0.39 is 33.0 Å². The lowest BCUT2D eigenvalue weighted by Gasteiger charge is -2.30. The normalized spacial score (nSPS) is 16.2. The number of aromatic nitrogens is 1. The minimum absolute atomic E-state index is 0.0357. The molecule has 0 spiro atoms. The van der Waals surface area contributed by atoms with Crippen molar-refractivity contribution in [3.63, 3.8) is 0 Å². The van der Waals surface area contributed by atoms with Gasteiger partial charge < -0.3 is 5.11 Å². The molecule has 1 aliphatic heterocycles. The molecule has 4 aromatic rings. The van der Waals surface area contributed by atoms with Gasteiger partial charge in [0.05, 0.1) is 26.1 Å². The second-order valence-corrected chi connectivity index (χ2v) is 10.5. The molecule has 0 radical (unpaired) electrons. The van der Waals surface area contributed by atoms with Gasteiger partial charge in [-0.15, -0.1) is 0 Å². The first kappa shape index (κ1) is 24.7. The van der Waals surface area contributed by atoms with Gasteiger partial charge in [0.1, 0.15) is 0 Å². The van der Waals surface area contributed by atoms with Crippen LogP contribution in [0.5, 0.6) is 5.75 Å². The summed E-state index contributed by atoms with van der Waals surface area (Å²) in [5, 5.41) is 33.4. The topological polar surface area (TPSA) is 141 Å². The number of halogens is 1. The largest absolute Gasteiger partial charge is 0.497 e. The fourth-order valence-electron chi connectivity index (χ4n) is 5.11. The summed E-state index contributed by atoms with van der Waals surface area (Å²) in [5.74, 6) is -1.04. The number of aryl methyl sites for hydroxylation is 1. The summed E-state index contributed by atoms with van der Waals surface area (Å²) in [5.41, 5.74) is 2.81. The Morgan fingerprint density at radius 3 is 2.36 bits per heavy atom. The predicted octanol–water partition coefficient (Wildman–Crippen LogP) is 4.49. The summed E-state index contributed by atoms with van der Waals surface area (Å²) < 4.78 is 1.78. The molecule has 194 valence electrons. The van der Waals surface area contributed by atoms with Crippen LogP contribution in [0.1, 0.15) is 34.7 Å². The lowest BCUT2D eigenvalue weighted by molar-refractivity contribution is -0.396. The standard InChI is InChI=1S/C27H17ClN4O6S/c28-17-8-5-16(6-9-17)24-19-10-7-15-3-1-2-4-18(15)23(19)29-27-30(24)26(34)22(39-27)13-14-11-20(31(35)36)25(33)21(12-14)32(37)38/h1-6,8-9,11-13,24,33H,7,10H2. The summed E-state index contributed by atoms with van der Waals surface area (Å²) in [6.45, 7) is 0. The zero-order chi connectivity index (χ0) is 27.4. The highest BCUT2D eigenvalue weighted by Gasteiger charge is 2.33. The van der Waals surface area contributed by atoms with Gasteiger partial charge in [-0.1, -0.05) is 59.3 Å². The maximum absolute atomic E-state index is 13.8. The van der Waals surface area contributed by atoms with E-state index >= 15 is 0 Å². The summed E-state index contributed by atoms with van der Waals surface area (Å²) in [4.78, 5) is 40.1. The van der Waals surface area contributed by atoms with Crippen LogP contribution in [-0.4, -0.2) is 19.5 Å². The minimum Gasteiger partial charge on any atom is -0.497 e. The monoisotopic (exact) mass is 560 g/mol. The molecule has 0 saturated heterocycles. The lowest BCUT2D eigenvalue weighted by Crippen LogP contribution is -2.38. The molecule has 1 atom stereocenters. The van der Waals surface area contributed by atoms with Crippen molar-refractivity contribution in [3.8, 4) is 5.75 Å². The van der Waals surface area contributed by atoms with E-state index in [9.17, 15) is 30.1 Å². The molecule has 0 saturated carbocycles. The van der Waals surface area contributed by atoms with E-state index in [0.29, 0.717) is 16.2 Å². The van der Waals surface area contributed by atoms with Crippen LogP contribution in [0, 0.1) is 20.2 Å². The molecule has 1 aromatic heterocycles. The molecule has 1 N–H and O–H groups in total. The Hall–Kier alpha value is -4.61. The summed E-state index contributed by atoms with van der Waals surface area (Å²) >= 11 is 7.23. The van der Waals surface area contributed by atoms with Crippen LogP contribution in [0.15, 0.2) is 76.0 Å². The number of thiazole rings is 1. The summed E-state index contributed by atoms with van der Waals surface area (Å²) in [6.07, 6.45) is 2.84. The van der Waals surface area contributed by atoms with Gasteiger partial charge in [-0.3, -0.25) is 29.6 Å². The fourth-order valence-corrected chi connectivity index (χ4v) is 6.23. The Morgan fingerprint density at radius 2 is 1.69 bits per heavy atom. The molecule has 6 rings (SSSR count). The second-order valence-electron chi connectivity index (χ2n) is 9.09. The molecule has 2 heterocycles. The van der Waals surface area contributed by atoms with Crippen LogP contribution >= 0.6 is 22.9 Å². The number of hydrogen-bond donors (Lipinski definition) is 1. The number of aromatic hydroxyl groups is 1. The van der Waals surface area contributed by atoms with Gasteiger partial charge >= 0.3 is 11.4 Å². The van der Waals surface area contributed by atoms with Crippen molar-refractivity contribution in [1.82, 2.24) is 4.57 Å². The molecule has 2 aliphatic rings. The molecule has 10 nitrogen and oxygen atoms in total. The number of nitrogens with zero attached hydrogens (tertiary/aromatic N) is 4. The molecule has 1 unspecified atom stereocenters. The van der Waals surface area contributed by atoms with Crippen LogP contribution in [0.25, 0.3) is 11.8 Å². The first-order valence-corrected chi connectivity index (χ1v) is 13.0. The van der Waals surface area contributed by atoms with E-state index in [1.54, 1.807) is 16.7 Å². The van der Waals surface area contributed by atoms with E-state index in [2.05, 4.69) is 6.07 Å². The molecule has 12 heteroatoms. The van der Waals surface area contributed by atoms with E-state index in [4.69, 9.17) is 16.6 Å². The molecule has 3 aromatic carbocycles. The van der Waals surface area contributed by atoms with E-state index in [1.807, 2.05) is 30.3 Å². The Kier molecular flexibility index (Phi) is 5.89. The quantitative estimate of drug-likeness (QED) is 0.288. The molecule has 0 amide bonds. The third-order valence-electron chi connectivity index (χ3n) is 6.84. The predicted molar refractivity (Wildman–Crippen MR) is 146 cm³/mol. The van der Waals surface area contributed by atoms with Gasteiger partial charge in [0, 0.05) is 22.7 Å². The molecule has 0 bridgehead atoms. The number of benzene rings is 3. The summed E-state index contributed by atoms with van der Waals surface area (Å²) in [7, 11) is 0. The molecule has 1 aliphatic carbocycles. The van der Waals surface area contributed by atoms with Gasteiger partial charge in [-0.2, -0.15) is 0 Å². The molecule has 39 heavy (non-hydrogen) atoms. The molecular formula is C27H17ClN4O6S. The van der Waals surface area contributed by atoms with Crippen molar-refractivity contribution in [1.29, 1.82) is 0 Å². The average Bonchev–Trinajstić information content (AvgIpc) is 3.22. The Bertz CT molecular complexity index is 1890. The zero-order valence-corrected chi connectivity index (χ0v) is 21.5. The van der Waals surface area contributed by atoms with Crippen LogP contribution in [0.4, 0.5) is 11.4 Å². The second kappa shape index (κ2) is 9.29. The van der Waals surface area contributed by atoms with Crippen molar-refractivity contribution in [2.24, 2.45) is 4.99 Å². The van der Waals surface area contributed by atoms with Crippen molar-refractivity contribution in [2.45, 2.75) is 18.9 Å². The Balaban J connectivity index is 1.61. The smallest absolute Gasteiger partial charge is 0.318 e. The highest BCUT2D eigenvalue weighted by Crippen LogP contribution is 2.41. The maximum Gasteiger partial charge on any atom is 0.318 e. The first-order valence-electron chi connectivity index (χ1n) is 11.8. The van der Waals surface area contributed by atoms with Crippen LogP contribution in [0.2, 0.25) is 5.02 Å². The van der Waals surface area contributed by atoms with E-state index in [1.165, 1.54) is 6.08 Å². The van der Waals surface area contributed by atoms with Crippen molar-refractivity contribution in [3.05, 3.63) is 133 Å². The molecular weight excluding hydrogens is 544 g/mol. The highest BCUT2D eigenvalue weighted by atomic mass is 35.5. The van der Waals surface area contributed by atoms with Gasteiger partial charge in [-0.25, -0.2) is 4.99 Å². The van der Waals surface area contributed by atoms with Gasteiger partial charge in [0.25, 0.3) is 11.3 Å². The zero-order valence-electron chi connectivity index (χ0n) is 19.9. The lowest BCUT2D eigenvalue weighted by atomic mass is 9.83. The number of nitro groups is 2. The number of phenolic OH excluding ortho intramolecular Hbond substituents is 1. The van der Waals surface area contributed by atoms with Crippen molar-refractivity contribution >= 4 is 46.1 Å². The molecule has 0 fully saturated rings. The third-order valence-corrected chi connectivity index (χ3v) is 8.08. The Morgan fingerprint density at radius 1 is 1.03 bits per heavy atom. The van der Waals surface area contributed by atoms with E-state index in [-0.39, 0.29) is 15.7 Å². The van der Waals surface area contributed by atoms with Crippen molar-refractivity contribution in [2.75, 3.05) is 0 Å². The highest BCUT2D eigenvalue weighted by molar-refractivity contribution is 7.07. The Labute approximate surface area is 228 Å². The average molecular weight is 561 g/mol. The minimum atomic E-state index is -1.04. The van der Waals surface area contributed by atoms with Crippen LogP contribution < -0.4 is 14.9 Å². The van der Waals surface area contributed by atoms with E-state index in [0.717, 1.165) is 57.9 Å². The van der Waals surface area contributed by atoms with Crippen LogP contribution in [-0.2, 0) is 6.42 Å². The third kappa shape index (κ3) is 4.12. The number of fused-ring (bicyclic) bond motifs is 3. The van der Waals surface area contributed by atoms with Gasteiger partial charge in [0.15, 0.2) is 4.80 Å². The van der Waals surface area contributed by atoms with Crippen LogP contribution in [0.3, 0.4) is 0 Å². The number of nitro benzene ring substituents is 2. The maximum atomic E-state index is 13.8. The SMILES string of the molecule is O=c1c(=Cc2cc([N+](=O)[O-])c(O)c([N+](=O)[O-])c2)sc2n1C(c1ccc(Cl)cc1)C1=C(N=2)c2ccccc2CC1.